The van der Waals surface area contributed by atoms with Crippen LogP contribution >= 0.6 is 11.3 Å². The number of hydrogen-bond acceptors (Lipinski definition) is 5. The third-order valence-electron chi connectivity index (χ3n) is 3.68. The lowest BCUT2D eigenvalue weighted by Gasteiger charge is -2.09. The lowest BCUT2D eigenvalue weighted by atomic mass is 10.1. The summed E-state index contributed by atoms with van der Waals surface area (Å²) < 4.78 is 5.09. The number of carbonyl (C=O) groups excluding carboxylic acids is 1. The highest BCUT2D eigenvalue weighted by Crippen LogP contribution is 2.23. The van der Waals surface area contributed by atoms with Gasteiger partial charge in [0.15, 0.2) is 0 Å². The molecule has 3 rings (SSSR count). The Morgan fingerprint density at radius 1 is 1.35 bits per heavy atom. The molecule has 5 nitrogen and oxygen atoms in total. The molecule has 3 aromatic rings. The molecule has 0 aliphatic rings. The molecule has 1 N–H and O–H groups in total. The molecule has 0 aliphatic heterocycles. The van der Waals surface area contributed by atoms with Crippen LogP contribution in [-0.4, -0.2) is 16.0 Å². The van der Waals surface area contributed by atoms with Crippen LogP contribution in [0.15, 0.2) is 39.7 Å². The number of thiophene rings is 1. The van der Waals surface area contributed by atoms with E-state index in [0.717, 1.165) is 28.1 Å². The molecule has 0 aromatic carbocycles. The number of aromatic nitrogens is 2. The zero-order chi connectivity index (χ0) is 16.2. The van der Waals surface area contributed by atoms with Crippen LogP contribution in [0, 0.1) is 13.8 Å². The Balaban J connectivity index is 1.68. The fraction of sp³-hybridized carbons (Fsp3) is 0.235. The zero-order valence-corrected chi connectivity index (χ0v) is 13.8. The van der Waals surface area contributed by atoms with E-state index in [1.807, 2.05) is 37.4 Å². The summed E-state index contributed by atoms with van der Waals surface area (Å²) in [6, 6.07) is 5.89. The van der Waals surface area contributed by atoms with E-state index < -0.39 is 0 Å². The maximum atomic E-state index is 12.2. The number of nitrogens with one attached hydrogen (secondary N) is 1. The van der Waals surface area contributed by atoms with Crippen molar-refractivity contribution in [3.63, 3.8) is 0 Å². The zero-order valence-electron chi connectivity index (χ0n) is 13.0. The maximum Gasteiger partial charge on any atom is 0.224 e. The van der Waals surface area contributed by atoms with E-state index in [0.29, 0.717) is 12.3 Å². The predicted molar refractivity (Wildman–Crippen MR) is 89.1 cm³/mol. The number of pyridine rings is 1. The van der Waals surface area contributed by atoms with Gasteiger partial charge in [0, 0.05) is 29.2 Å². The summed E-state index contributed by atoms with van der Waals surface area (Å²) in [4.78, 5) is 16.6. The molecule has 6 heteroatoms. The summed E-state index contributed by atoms with van der Waals surface area (Å²) in [5.74, 6) is 0.637. The Kier molecular flexibility index (Phi) is 4.52. The molecule has 1 amide bonds. The quantitative estimate of drug-likeness (QED) is 0.781. The fourth-order valence-electron chi connectivity index (χ4n) is 2.41. The van der Waals surface area contributed by atoms with Crippen LogP contribution < -0.4 is 5.32 Å². The van der Waals surface area contributed by atoms with Gasteiger partial charge < -0.3 is 9.84 Å². The smallest absolute Gasteiger partial charge is 0.224 e. The molecule has 23 heavy (non-hydrogen) atoms. The molecule has 0 aliphatic carbocycles. The molecule has 0 atom stereocenters. The normalized spacial score (nSPS) is 10.7. The van der Waals surface area contributed by atoms with Gasteiger partial charge in [0.25, 0.3) is 0 Å². The third-order valence-corrected chi connectivity index (χ3v) is 4.36. The van der Waals surface area contributed by atoms with Crippen molar-refractivity contribution in [3.05, 3.63) is 57.7 Å². The highest BCUT2D eigenvalue weighted by Gasteiger charge is 2.14. The SMILES string of the molecule is Cc1noc(C)c1CC(=O)NCc1cccnc1-c1ccsc1. The molecule has 0 radical (unpaired) electrons. The second kappa shape index (κ2) is 6.75. The molecule has 0 fully saturated rings. The van der Waals surface area contributed by atoms with Crippen molar-refractivity contribution < 1.29 is 9.32 Å². The molecular weight excluding hydrogens is 310 g/mol. The van der Waals surface area contributed by atoms with Crippen LogP contribution in [0.5, 0.6) is 0 Å². The van der Waals surface area contributed by atoms with Gasteiger partial charge in [-0.05, 0) is 36.9 Å². The van der Waals surface area contributed by atoms with Gasteiger partial charge in [-0.2, -0.15) is 11.3 Å². The molecule has 0 spiro atoms. The Morgan fingerprint density at radius 2 is 2.22 bits per heavy atom. The number of rotatable bonds is 5. The van der Waals surface area contributed by atoms with E-state index >= 15 is 0 Å². The first-order valence-corrected chi connectivity index (χ1v) is 8.24. The van der Waals surface area contributed by atoms with E-state index in [9.17, 15) is 4.79 Å². The van der Waals surface area contributed by atoms with Crippen molar-refractivity contribution in [2.24, 2.45) is 0 Å². The average Bonchev–Trinajstić information content (AvgIpc) is 3.19. The lowest BCUT2D eigenvalue weighted by Crippen LogP contribution is -2.25. The summed E-state index contributed by atoms with van der Waals surface area (Å²) >= 11 is 1.63. The number of hydrogen-bond donors (Lipinski definition) is 1. The minimum Gasteiger partial charge on any atom is -0.361 e. The first kappa shape index (κ1) is 15.4. The van der Waals surface area contributed by atoms with Crippen LogP contribution in [0.1, 0.15) is 22.6 Å². The number of amides is 1. The summed E-state index contributed by atoms with van der Waals surface area (Å²) in [5, 5.41) is 10.9. The third kappa shape index (κ3) is 3.48. The second-order valence-electron chi connectivity index (χ2n) is 5.28. The van der Waals surface area contributed by atoms with Crippen LogP contribution in [0.4, 0.5) is 0 Å². The highest BCUT2D eigenvalue weighted by molar-refractivity contribution is 7.08. The molecular formula is C17H17N3O2S. The van der Waals surface area contributed by atoms with Crippen LogP contribution in [0.25, 0.3) is 11.3 Å². The van der Waals surface area contributed by atoms with E-state index in [4.69, 9.17) is 4.52 Å². The first-order valence-electron chi connectivity index (χ1n) is 7.30. The number of nitrogens with zero attached hydrogens (tertiary/aromatic N) is 2. The Bertz CT molecular complexity index is 790. The van der Waals surface area contributed by atoms with Crippen molar-refractivity contribution >= 4 is 17.2 Å². The van der Waals surface area contributed by atoms with E-state index in [-0.39, 0.29) is 12.3 Å². The highest BCUT2D eigenvalue weighted by atomic mass is 32.1. The molecule has 0 bridgehead atoms. The molecule has 0 saturated carbocycles. The Morgan fingerprint density at radius 3 is 2.91 bits per heavy atom. The van der Waals surface area contributed by atoms with Crippen molar-refractivity contribution in [1.82, 2.24) is 15.5 Å². The van der Waals surface area contributed by atoms with Gasteiger partial charge in [0.2, 0.25) is 5.91 Å². The average molecular weight is 327 g/mol. The second-order valence-corrected chi connectivity index (χ2v) is 6.06. The summed E-state index contributed by atoms with van der Waals surface area (Å²) in [6.07, 6.45) is 2.04. The Labute approximate surface area is 138 Å². The predicted octanol–water partition coefficient (Wildman–Crippen LogP) is 3.27. The monoisotopic (exact) mass is 327 g/mol. The standard InChI is InChI=1S/C17H17N3O2S/c1-11-15(12(2)22-20-11)8-16(21)19-9-13-4-3-6-18-17(13)14-5-7-23-10-14/h3-7,10H,8-9H2,1-2H3,(H,19,21). The van der Waals surface area contributed by atoms with E-state index in [1.165, 1.54) is 0 Å². The summed E-state index contributed by atoms with van der Waals surface area (Å²) in [7, 11) is 0. The largest absolute Gasteiger partial charge is 0.361 e. The van der Waals surface area contributed by atoms with E-state index in [2.05, 4.69) is 20.8 Å². The Hall–Kier alpha value is -2.47. The van der Waals surface area contributed by atoms with Gasteiger partial charge in [-0.1, -0.05) is 11.2 Å². The topological polar surface area (TPSA) is 68.0 Å². The molecule has 0 saturated heterocycles. The number of carbonyl (C=O) groups is 1. The molecule has 0 unspecified atom stereocenters. The lowest BCUT2D eigenvalue weighted by molar-refractivity contribution is -0.120. The van der Waals surface area contributed by atoms with Crippen LogP contribution in [-0.2, 0) is 17.8 Å². The van der Waals surface area contributed by atoms with Crippen LogP contribution in [0.2, 0.25) is 0 Å². The fourth-order valence-corrected chi connectivity index (χ4v) is 3.05. The van der Waals surface area contributed by atoms with Crippen molar-refractivity contribution in [2.75, 3.05) is 0 Å². The van der Waals surface area contributed by atoms with Crippen molar-refractivity contribution in [2.45, 2.75) is 26.8 Å². The van der Waals surface area contributed by atoms with Gasteiger partial charge in [0.1, 0.15) is 5.76 Å². The summed E-state index contributed by atoms with van der Waals surface area (Å²) in [6.45, 7) is 4.11. The van der Waals surface area contributed by atoms with Gasteiger partial charge in [-0.15, -0.1) is 0 Å². The molecule has 3 heterocycles. The van der Waals surface area contributed by atoms with Crippen molar-refractivity contribution in [3.8, 4) is 11.3 Å². The minimum atomic E-state index is -0.0560. The molecule has 3 aromatic heterocycles. The van der Waals surface area contributed by atoms with Gasteiger partial charge in [-0.3, -0.25) is 9.78 Å². The van der Waals surface area contributed by atoms with Gasteiger partial charge in [-0.25, -0.2) is 0 Å². The van der Waals surface area contributed by atoms with E-state index in [1.54, 1.807) is 17.5 Å². The number of aryl methyl sites for hydroxylation is 2. The molecule has 118 valence electrons. The summed E-state index contributed by atoms with van der Waals surface area (Å²) in [5.41, 5.74) is 4.60. The van der Waals surface area contributed by atoms with Gasteiger partial charge >= 0.3 is 0 Å². The van der Waals surface area contributed by atoms with Crippen LogP contribution in [0.3, 0.4) is 0 Å². The first-order chi connectivity index (χ1) is 11.1. The van der Waals surface area contributed by atoms with Crippen molar-refractivity contribution in [1.29, 1.82) is 0 Å². The van der Waals surface area contributed by atoms with Gasteiger partial charge in [0.05, 0.1) is 17.8 Å². The minimum absolute atomic E-state index is 0.0560. The maximum absolute atomic E-state index is 12.2.